The second-order valence-corrected chi connectivity index (χ2v) is 11.8. The third-order valence-electron chi connectivity index (χ3n) is 4.71. The molecule has 0 radical (unpaired) electrons. The maximum Gasteiger partial charge on any atom is 0.218 e. The molecule has 0 amide bonds. The highest BCUT2D eigenvalue weighted by Crippen LogP contribution is 2.24. The molecule has 0 saturated carbocycles. The van der Waals surface area contributed by atoms with E-state index in [4.69, 9.17) is 0 Å². The van der Waals surface area contributed by atoms with Crippen molar-refractivity contribution in [2.45, 2.75) is 18.2 Å². The lowest BCUT2D eigenvalue weighted by Gasteiger charge is -2.35. The van der Waals surface area contributed by atoms with Gasteiger partial charge in [-0.25, -0.2) is 21.2 Å². The van der Waals surface area contributed by atoms with Crippen LogP contribution in [0.1, 0.15) is 12.0 Å². The number of sulfonamides is 1. The van der Waals surface area contributed by atoms with Crippen LogP contribution in [0.15, 0.2) is 22.7 Å². The molecule has 1 unspecified atom stereocenters. The van der Waals surface area contributed by atoms with Gasteiger partial charge in [-0.1, -0.05) is 22.0 Å². The quantitative estimate of drug-likeness (QED) is 0.683. The highest BCUT2D eigenvalue weighted by atomic mass is 79.9. The minimum Gasteiger partial charge on any atom is -0.296 e. The number of hydrogen-bond acceptors (Lipinski definition) is 5. The van der Waals surface area contributed by atoms with Gasteiger partial charge in [0.15, 0.2) is 9.84 Å². The Labute approximate surface area is 156 Å². The fourth-order valence-electron chi connectivity index (χ4n) is 3.24. The number of sulfone groups is 1. The monoisotopic (exact) mass is 454 g/mol. The predicted molar refractivity (Wildman–Crippen MR) is 96.9 cm³/mol. The lowest BCUT2D eigenvalue weighted by atomic mass is 10.2. The Morgan fingerprint density at radius 1 is 1.20 bits per heavy atom. The molecule has 0 spiro atoms. The first-order chi connectivity index (χ1) is 11.7. The zero-order chi connectivity index (χ0) is 18.2. The van der Waals surface area contributed by atoms with Gasteiger partial charge in [-0.3, -0.25) is 4.90 Å². The summed E-state index contributed by atoms with van der Waals surface area (Å²) < 4.78 is 64.3. The summed E-state index contributed by atoms with van der Waals surface area (Å²) in [5.74, 6) is -0.625. The summed E-state index contributed by atoms with van der Waals surface area (Å²) in [5.41, 5.74) is 0.571. The van der Waals surface area contributed by atoms with Gasteiger partial charge in [-0.15, -0.1) is 0 Å². The molecule has 0 N–H and O–H groups in total. The van der Waals surface area contributed by atoms with Gasteiger partial charge in [0.1, 0.15) is 5.82 Å². The molecule has 10 heteroatoms. The standard InChI is InChI=1S/C15H20BrFN2O4S2/c16-13-2-1-12(15(17)9-13)10-18-4-6-19(7-5-18)25(22,23)14-3-8-24(20,21)11-14/h1-2,9,14H,3-8,10-11H2. The van der Waals surface area contributed by atoms with Crippen molar-refractivity contribution in [1.82, 2.24) is 9.21 Å². The van der Waals surface area contributed by atoms with E-state index in [-0.39, 0.29) is 23.7 Å². The fourth-order valence-corrected chi connectivity index (χ4v) is 8.08. The van der Waals surface area contributed by atoms with Crippen LogP contribution >= 0.6 is 15.9 Å². The molecule has 3 rings (SSSR count). The maximum atomic E-state index is 13.9. The van der Waals surface area contributed by atoms with Gasteiger partial charge >= 0.3 is 0 Å². The van der Waals surface area contributed by atoms with E-state index in [0.29, 0.717) is 42.8 Å². The van der Waals surface area contributed by atoms with Crippen molar-refractivity contribution in [2.24, 2.45) is 0 Å². The average molecular weight is 455 g/mol. The summed E-state index contributed by atoms with van der Waals surface area (Å²) in [6.45, 7) is 2.02. The van der Waals surface area contributed by atoms with E-state index in [1.807, 2.05) is 4.90 Å². The zero-order valence-electron chi connectivity index (χ0n) is 13.6. The first-order valence-corrected chi connectivity index (χ1v) is 12.1. The van der Waals surface area contributed by atoms with Crippen LogP contribution in [0.2, 0.25) is 0 Å². The Balaban J connectivity index is 1.60. The maximum absolute atomic E-state index is 13.9. The molecule has 6 nitrogen and oxygen atoms in total. The smallest absolute Gasteiger partial charge is 0.218 e. The van der Waals surface area contributed by atoms with Crippen LogP contribution in [0.3, 0.4) is 0 Å². The minimum absolute atomic E-state index is 0.0558. The molecule has 1 aromatic carbocycles. The van der Waals surface area contributed by atoms with Crippen LogP contribution in [0.5, 0.6) is 0 Å². The molecular weight excluding hydrogens is 435 g/mol. The van der Waals surface area contributed by atoms with Gasteiger partial charge in [0.2, 0.25) is 10.0 Å². The van der Waals surface area contributed by atoms with Gasteiger partial charge in [-0.2, -0.15) is 4.31 Å². The molecule has 0 aromatic heterocycles. The first kappa shape index (κ1) is 19.2. The van der Waals surface area contributed by atoms with Gasteiger partial charge in [0, 0.05) is 42.8 Å². The normalized spacial score (nSPS) is 25.3. The Morgan fingerprint density at radius 2 is 1.88 bits per heavy atom. The Hall–Kier alpha value is -0.550. The van der Waals surface area contributed by atoms with Crippen molar-refractivity contribution in [3.8, 4) is 0 Å². The third kappa shape index (κ3) is 4.41. The molecule has 1 atom stereocenters. The Kier molecular flexibility index (Phi) is 5.55. The molecule has 2 fully saturated rings. The van der Waals surface area contributed by atoms with Crippen molar-refractivity contribution in [3.63, 3.8) is 0 Å². The number of nitrogens with zero attached hydrogens (tertiary/aromatic N) is 2. The third-order valence-corrected chi connectivity index (χ3v) is 9.51. The first-order valence-electron chi connectivity index (χ1n) is 8.03. The van der Waals surface area contributed by atoms with E-state index < -0.39 is 25.1 Å². The highest BCUT2D eigenvalue weighted by molar-refractivity contribution is 9.10. The van der Waals surface area contributed by atoms with E-state index in [0.717, 1.165) is 0 Å². The minimum atomic E-state index is -3.60. The van der Waals surface area contributed by atoms with Gasteiger partial charge < -0.3 is 0 Å². The number of halogens is 2. The molecule has 2 aliphatic heterocycles. The van der Waals surface area contributed by atoms with Crippen LogP contribution < -0.4 is 0 Å². The van der Waals surface area contributed by atoms with Gasteiger partial charge in [0.25, 0.3) is 0 Å². The molecule has 0 bridgehead atoms. The van der Waals surface area contributed by atoms with E-state index in [2.05, 4.69) is 15.9 Å². The summed E-state index contributed by atoms with van der Waals surface area (Å²) in [6.07, 6.45) is 0.176. The fraction of sp³-hybridized carbons (Fsp3) is 0.600. The highest BCUT2D eigenvalue weighted by Gasteiger charge is 2.41. The molecule has 0 aliphatic carbocycles. The number of rotatable bonds is 4. The molecule has 1 aromatic rings. The van der Waals surface area contributed by atoms with E-state index in [1.165, 1.54) is 10.4 Å². The topological polar surface area (TPSA) is 74.8 Å². The zero-order valence-corrected chi connectivity index (χ0v) is 16.8. The second kappa shape index (κ2) is 7.22. The van der Waals surface area contributed by atoms with Crippen LogP contribution in [0.4, 0.5) is 4.39 Å². The molecular formula is C15H20BrFN2O4S2. The van der Waals surface area contributed by atoms with Crippen LogP contribution in [-0.4, -0.2) is 69.0 Å². The van der Waals surface area contributed by atoms with Crippen molar-refractivity contribution in [1.29, 1.82) is 0 Å². The lowest BCUT2D eigenvalue weighted by molar-refractivity contribution is 0.179. The summed E-state index contributed by atoms with van der Waals surface area (Å²) in [4.78, 5) is 2.00. The van der Waals surface area contributed by atoms with Crippen molar-refractivity contribution < 1.29 is 21.2 Å². The summed E-state index contributed by atoms with van der Waals surface area (Å²) in [5, 5.41) is -0.826. The molecule has 140 valence electrons. The number of hydrogen-bond donors (Lipinski definition) is 0. The van der Waals surface area contributed by atoms with Crippen LogP contribution in [0.25, 0.3) is 0 Å². The van der Waals surface area contributed by atoms with Crippen LogP contribution in [0, 0.1) is 5.82 Å². The Morgan fingerprint density at radius 3 is 2.44 bits per heavy atom. The molecule has 2 saturated heterocycles. The summed E-state index contributed by atoms with van der Waals surface area (Å²) >= 11 is 3.22. The SMILES string of the molecule is O=S1(=O)CCC(S(=O)(=O)N2CCN(Cc3ccc(Br)cc3F)CC2)C1. The predicted octanol–water partition coefficient (Wildman–Crippen LogP) is 1.22. The second-order valence-electron chi connectivity index (χ2n) is 6.48. The van der Waals surface area contributed by atoms with E-state index in [1.54, 1.807) is 12.1 Å². The largest absolute Gasteiger partial charge is 0.296 e. The lowest BCUT2D eigenvalue weighted by Crippen LogP contribution is -2.51. The number of piperazine rings is 1. The van der Waals surface area contributed by atoms with E-state index >= 15 is 0 Å². The summed E-state index contributed by atoms with van der Waals surface area (Å²) in [6, 6.07) is 4.90. The van der Waals surface area contributed by atoms with Crippen molar-refractivity contribution in [2.75, 3.05) is 37.7 Å². The van der Waals surface area contributed by atoms with Crippen LogP contribution in [-0.2, 0) is 26.4 Å². The van der Waals surface area contributed by atoms with E-state index in [9.17, 15) is 21.2 Å². The van der Waals surface area contributed by atoms with Crippen molar-refractivity contribution in [3.05, 3.63) is 34.1 Å². The van der Waals surface area contributed by atoms with Gasteiger partial charge in [-0.05, 0) is 18.6 Å². The number of benzene rings is 1. The van der Waals surface area contributed by atoms with Gasteiger partial charge in [0.05, 0.1) is 16.8 Å². The Bertz CT molecular complexity index is 852. The summed E-state index contributed by atoms with van der Waals surface area (Å²) in [7, 11) is -6.83. The van der Waals surface area contributed by atoms with Crippen molar-refractivity contribution >= 4 is 35.8 Å². The average Bonchev–Trinajstić information content (AvgIpc) is 2.91. The molecule has 2 aliphatic rings. The molecule has 25 heavy (non-hydrogen) atoms. The molecule has 2 heterocycles.